The Bertz CT molecular complexity index is 796. The van der Waals surface area contributed by atoms with Crippen LogP contribution in [0.25, 0.3) is 17.0 Å². The van der Waals surface area contributed by atoms with Gasteiger partial charge in [0.15, 0.2) is 0 Å². The van der Waals surface area contributed by atoms with Crippen molar-refractivity contribution >= 4 is 17.4 Å². The van der Waals surface area contributed by atoms with E-state index in [2.05, 4.69) is 15.3 Å². The molecule has 0 radical (unpaired) electrons. The van der Waals surface area contributed by atoms with Gasteiger partial charge in [0.05, 0.1) is 11.8 Å². The maximum Gasteiger partial charge on any atom is 0.238 e. The molecule has 0 unspecified atom stereocenters. The molecule has 0 spiro atoms. The molecule has 6 heteroatoms. The van der Waals surface area contributed by atoms with E-state index in [4.69, 9.17) is 5.26 Å². The summed E-state index contributed by atoms with van der Waals surface area (Å²) in [5, 5.41) is 11.1. The van der Waals surface area contributed by atoms with E-state index < -0.39 is 0 Å². The molecule has 0 fully saturated rings. The van der Waals surface area contributed by atoms with Crippen LogP contribution in [0.4, 0.5) is 5.69 Å². The van der Waals surface area contributed by atoms with Crippen molar-refractivity contribution in [2.24, 2.45) is 0 Å². The molecule has 6 nitrogen and oxygen atoms in total. The minimum absolute atomic E-state index is 0.153. The van der Waals surface area contributed by atoms with E-state index in [1.807, 2.05) is 41.1 Å². The van der Waals surface area contributed by atoms with Crippen LogP contribution in [0.15, 0.2) is 48.9 Å². The van der Waals surface area contributed by atoms with Gasteiger partial charge < -0.3 is 5.32 Å². The summed E-state index contributed by atoms with van der Waals surface area (Å²) in [4.78, 5) is 19.9. The molecule has 1 aromatic carbocycles. The van der Waals surface area contributed by atoms with E-state index in [0.717, 1.165) is 11.3 Å². The van der Waals surface area contributed by atoms with Crippen molar-refractivity contribution in [3.05, 3.63) is 48.9 Å². The highest BCUT2D eigenvalue weighted by Gasteiger charge is 2.06. The third-order valence-electron chi connectivity index (χ3n) is 2.94. The lowest BCUT2D eigenvalue weighted by atomic mass is 10.1. The summed E-state index contributed by atoms with van der Waals surface area (Å²) in [5.41, 5.74) is 2.39. The van der Waals surface area contributed by atoms with Crippen molar-refractivity contribution < 1.29 is 4.79 Å². The molecule has 0 saturated carbocycles. The first-order valence-corrected chi connectivity index (χ1v) is 6.33. The van der Waals surface area contributed by atoms with E-state index in [1.54, 1.807) is 18.3 Å². The standard InChI is InChI=1S/C15H11N5O/c16-7-6-14(21)18-12-4-2-11(3-5-12)13-10-20-9-1-8-17-15(20)19-13/h1-5,8-10H,6H2,(H,18,21). The van der Waals surface area contributed by atoms with Gasteiger partial charge in [-0.25, -0.2) is 9.97 Å². The number of hydrogen-bond acceptors (Lipinski definition) is 4. The quantitative estimate of drug-likeness (QED) is 0.795. The Balaban J connectivity index is 1.83. The van der Waals surface area contributed by atoms with Gasteiger partial charge in [-0.05, 0) is 18.2 Å². The predicted molar refractivity (Wildman–Crippen MR) is 77.3 cm³/mol. The molecule has 0 bridgehead atoms. The third-order valence-corrected chi connectivity index (χ3v) is 2.94. The van der Waals surface area contributed by atoms with Crippen LogP contribution in [0.5, 0.6) is 0 Å². The molecule has 0 aliphatic heterocycles. The molecule has 1 N–H and O–H groups in total. The number of carbonyl (C=O) groups excluding carboxylic acids is 1. The Labute approximate surface area is 120 Å². The molecule has 2 aromatic heterocycles. The monoisotopic (exact) mass is 277 g/mol. The number of amides is 1. The van der Waals surface area contributed by atoms with Gasteiger partial charge in [-0.1, -0.05) is 12.1 Å². The lowest BCUT2D eigenvalue weighted by molar-refractivity contribution is -0.115. The summed E-state index contributed by atoms with van der Waals surface area (Å²) in [6, 6.07) is 10.9. The van der Waals surface area contributed by atoms with Crippen LogP contribution in [0.2, 0.25) is 0 Å². The molecule has 3 aromatic rings. The number of nitriles is 1. The van der Waals surface area contributed by atoms with Gasteiger partial charge in [-0.2, -0.15) is 5.26 Å². The Hall–Kier alpha value is -3.20. The van der Waals surface area contributed by atoms with Crippen molar-refractivity contribution in [3.8, 4) is 17.3 Å². The van der Waals surface area contributed by atoms with Gasteiger partial charge in [0.1, 0.15) is 6.42 Å². The third kappa shape index (κ3) is 2.72. The summed E-state index contributed by atoms with van der Waals surface area (Å²) < 4.78 is 1.85. The fraction of sp³-hybridized carbons (Fsp3) is 0.0667. The van der Waals surface area contributed by atoms with Crippen molar-refractivity contribution in [1.29, 1.82) is 5.26 Å². The van der Waals surface area contributed by atoms with Crippen LogP contribution in [-0.2, 0) is 4.79 Å². The first-order valence-electron chi connectivity index (χ1n) is 6.33. The molecule has 0 atom stereocenters. The van der Waals surface area contributed by atoms with Crippen LogP contribution in [0.3, 0.4) is 0 Å². The summed E-state index contributed by atoms with van der Waals surface area (Å²) in [6.45, 7) is 0. The minimum Gasteiger partial charge on any atom is -0.325 e. The van der Waals surface area contributed by atoms with Crippen LogP contribution in [-0.4, -0.2) is 20.3 Å². The number of nitrogens with one attached hydrogen (secondary N) is 1. The second-order valence-corrected chi connectivity index (χ2v) is 4.41. The van der Waals surface area contributed by atoms with Gasteiger partial charge in [-0.15, -0.1) is 0 Å². The highest BCUT2D eigenvalue weighted by Crippen LogP contribution is 2.20. The van der Waals surface area contributed by atoms with Crippen LogP contribution < -0.4 is 5.32 Å². The zero-order valence-electron chi connectivity index (χ0n) is 11.0. The summed E-state index contributed by atoms with van der Waals surface area (Å²) in [5.74, 6) is 0.320. The molecular weight excluding hydrogens is 266 g/mol. The SMILES string of the molecule is N#CCC(=O)Nc1ccc(-c2cn3cccnc3n2)cc1. The number of hydrogen-bond donors (Lipinski definition) is 1. The Kier molecular flexibility index (Phi) is 3.31. The van der Waals surface area contributed by atoms with Crippen molar-refractivity contribution in [2.45, 2.75) is 6.42 Å². The average molecular weight is 277 g/mol. The van der Waals surface area contributed by atoms with Crippen molar-refractivity contribution in [1.82, 2.24) is 14.4 Å². The van der Waals surface area contributed by atoms with E-state index >= 15 is 0 Å². The van der Waals surface area contributed by atoms with E-state index in [1.165, 1.54) is 0 Å². The van der Waals surface area contributed by atoms with Crippen molar-refractivity contribution in [2.75, 3.05) is 5.32 Å². The lowest BCUT2D eigenvalue weighted by Gasteiger charge is -2.03. The summed E-state index contributed by atoms with van der Waals surface area (Å²) in [6.07, 6.45) is 5.32. The predicted octanol–water partition coefficient (Wildman–Crippen LogP) is 2.25. The zero-order chi connectivity index (χ0) is 14.7. The highest BCUT2D eigenvalue weighted by molar-refractivity contribution is 5.92. The number of fused-ring (bicyclic) bond motifs is 1. The zero-order valence-corrected chi connectivity index (χ0v) is 11.0. The van der Waals surface area contributed by atoms with Crippen LogP contribution >= 0.6 is 0 Å². The van der Waals surface area contributed by atoms with Gasteiger partial charge in [0.2, 0.25) is 11.7 Å². The number of benzene rings is 1. The molecule has 2 heterocycles. The first kappa shape index (κ1) is 12.8. The molecule has 102 valence electrons. The van der Waals surface area contributed by atoms with E-state index in [-0.39, 0.29) is 12.3 Å². The number of anilines is 1. The second kappa shape index (κ2) is 5.43. The number of rotatable bonds is 3. The fourth-order valence-corrected chi connectivity index (χ4v) is 1.97. The largest absolute Gasteiger partial charge is 0.325 e. The smallest absolute Gasteiger partial charge is 0.238 e. The van der Waals surface area contributed by atoms with Gasteiger partial charge in [0, 0.05) is 29.8 Å². The number of aromatic nitrogens is 3. The number of imidazole rings is 1. The molecular formula is C15H11N5O. The molecule has 0 aliphatic rings. The molecule has 3 rings (SSSR count). The Morgan fingerprint density at radius 3 is 2.86 bits per heavy atom. The fourth-order valence-electron chi connectivity index (χ4n) is 1.97. The Morgan fingerprint density at radius 2 is 2.14 bits per heavy atom. The van der Waals surface area contributed by atoms with Crippen LogP contribution in [0.1, 0.15) is 6.42 Å². The van der Waals surface area contributed by atoms with Crippen LogP contribution in [0, 0.1) is 11.3 Å². The average Bonchev–Trinajstić information content (AvgIpc) is 2.92. The first-order chi connectivity index (χ1) is 10.3. The topological polar surface area (TPSA) is 83.1 Å². The maximum absolute atomic E-state index is 11.3. The number of nitrogens with zero attached hydrogens (tertiary/aromatic N) is 4. The molecule has 0 saturated heterocycles. The molecule has 21 heavy (non-hydrogen) atoms. The van der Waals surface area contributed by atoms with E-state index in [9.17, 15) is 4.79 Å². The highest BCUT2D eigenvalue weighted by atomic mass is 16.1. The summed E-state index contributed by atoms with van der Waals surface area (Å²) in [7, 11) is 0. The Morgan fingerprint density at radius 1 is 1.33 bits per heavy atom. The van der Waals surface area contributed by atoms with E-state index in [0.29, 0.717) is 11.5 Å². The molecule has 1 amide bonds. The summed E-state index contributed by atoms with van der Waals surface area (Å²) >= 11 is 0. The second-order valence-electron chi connectivity index (χ2n) is 4.41. The van der Waals surface area contributed by atoms with Gasteiger partial charge in [0.25, 0.3) is 0 Å². The van der Waals surface area contributed by atoms with Gasteiger partial charge in [-0.3, -0.25) is 9.20 Å². The normalized spacial score (nSPS) is 10.2. The number of carbonyl (C=O) groups is 1. The maximum atomic E-state index is 11.3. The lowest BCUT2D eigenvalue weighted by Crippen LogP contribution is -2.09. The van der Waals surface area contributed by atoms with Crippen molar-refractivity contribution in [3.63, 3.8) is 0 Å². The van der Waals surface area contributed by atoms with Gasteiger partial charge >= 0.3 is 0 Å². The molecule has 0 aliphatic carbocycles. The minimum atomic E-state index is -0.317.